The standard InChI is InChI=1S/C15H22N2O4S/c1-10-7-12(22(16,19)20)8-13(11(10)2)14(18)17-15(3)5-4-6-21-9-15/h7-8H,4-6,9H2,1-3H3,(H,17,18)(H2,16,19,20). The van der Waals surface area contributed by atoms with E-state index in [0.717, 1.165) is 18.4 Å². The zero-order valence-electron chi connectivity index (χ0n) is 13.1. The molecule has 0 radical (unpaired) electrons. The van der Waals surface area contributed by atoms with E-state index in [9.17, 15) is 13.2 Å². The summed E-state index contributed by atoms with van der Waals surface area (Å²) in [4.78, 5) is 12.5. The molecular weight excluding hydrogens is 304 g/mol. The van der Waals surface area contributed by atoms with Crippen LogP contribution in [0.5, 0.6) is 0 Å². The second-order valence-corrected chi connectivity index (χ2v) is 7.69. The maximum Gasteiger partial charge on any atom is 0.252 e. The molecule has 1 aromatic rings. The van der Waals surface area contributed by atoms with Gasteiger partial charge in [0.25, 0.3) is 5.91 Å². The maximum atomic E-state index is 12.6. The Morgan fingerprint density at radius 2 is 2.05 bits per heavy atom. The van der Waals surface area contributed by atoms with Crippen molar-refractivity contribution < 1.29 is 17.9 Å². The van der Waals surface area contributed by atoms with Crippen LogP contribution < -0.4 is 10.5 Å². The molecule has 122 valence electrons. The number of benzene rings is 1. The zero-order valence-corrected chi connectivity index (χ0v) is 13.9. The number of hydrogen-bond acceptors (Lipinski definition) is 4. The molecule has 6 nitrogen and oxygen atoms in total. The molecule has 1 atom stereocenters. The summed E-state index contributed by atoms with van der Waals surface area (Å²) >= 11 is 0. The first kappa shape index (κ1) is 16.9. The van der Waals surface area contributed by atoms with Crippen molar-refractivity contribution in [3.05, 3.63) is 28.8 Å². The Morgan fingerprint density at radius 3 is 2.59 bits per heavy atom. The first-order chi connectivity index (χ1) is 10.1. The molecule has 1 amide bonds. The number of hydrogen-bond donors (Lipinski definition) is 2. The van der Waals surface area contributed by atoms with Gasteiger partial charge in [0.2, 0.25) is 10.0 Å². The molecule has 0 spiro atoms. The van der Waals surface area contributed by atoms with Crippen molar-refractivity contribution in [3.63, 3.8) is 0 Å². The minimum Gasteiger partial charge on any atom is -0.379 e. The smallest absolute Gasteiger partial charge is 0.252 e. The van der Waals surface area contributed by atoms with Crippen LogP contribution in [-0.4, -0.2) is 33.1 Å². The van der Waals surface area contributed by atoms with Crippen LogP contribution in [0.1, 0.15) is 41.3 Å². The molecule has 0 bridgehead atoms. The van der Waals surface area contributed by atoms with Crippen molar-refractivity contribution in [2.75, 3.05) is 13.2 Å². The number of carbonyl (C=O) groups is 1. The summed E-state index contributed by atoms with van der Waals surface area (Å²) in [6.07, 6.45) is 1.71. The molecule has 1 aromatic carbocycles. The van der Waals surface area contributed by atoms with Gasteiger partial charge in [-0.2, -0.15) is 0 Å². The van der Waals surface area contributed by atoms with Gasteiger partial charge < -0.3 is 10.1 Å². The molecule has 2 rings (SSSR count). The summed E-state index contributed by atoms with van der Waals surface area (Å²) in [5, 5.41) is 8.13. The van der Waals surface area contributed by atoms with Crippen LogP contribution in [0.15, 0.2) is 17.0 Å². The zero-order chi connectivity index (χ0) is 16.5. The number of rotatable bonds is 3. The van der Waals surface area contributed by atoms with Crippen LogP contribution >= 0.6 is 0 Å². The van der Waals surface area contributed by atoms with Crippen molar-refractivity contribution >= 4 is 15.9 Å². The molecule has 1 aliphatic heterocycles. The minimum absolute atomic E-state index is 0.0502. The predicted molar refractivity (Wildman–Crippen MR) is 83.2 cm³/mol. The fraction of sp³-hybridized carbons (Fsp3) is 0.533. The van der Waals surface area contributed by atoms with Gasteiger partial charge in [-0.05, 0) is 56.9 Å². The maximum absolute atomic E-state index is 12.6. The number of sulfonamides is 1. The molecule has 1 fully saturated rings. The van der Waals surface area contributed by atoms with Gasteiger partial charge in [0.15, 0.2) is 0 Å². The highest BCUT2D eigenvalue weighted by Crippen LogP contribution is 2.22. The van der Waals surface area contributed by atoms with E-state index in [1.807, 2.05) is 6.92 Å². The highest BCUT2D eigenvalue weighted by Gasteiger charge is 2.30. The number of primary sulfonamides is 1. The summed E-state index contributed by atoms with van der Waals surface area (Å²) in [7, 11) is -3.85. The van der Waals surface area contributed by atoms with Gasteiger partial charge in [-0.15, -0.1) is 0 Å². The lowest BCUT2D eigenvalue weighted by Crippen LogP contribution is -2.51. The fourth-order valence-corrected chi connectivity index (χ4v) is 3.22. The van der Waals surface area contributed by atoms with Gasteiger partial charge in [-0.25, -0.2) is 13.6 Å². The molecule has 3 N–H and O–H groups in total. The van der Waals surface area contributed by atoms with E-state index >= 15 is 0 Å². The Labute approximate surface area is 131 Å². The number of carbonyl (C=O) groups excluding carboxylic acids is 1. The molecule has 1 unspecified atom stereocenters. The SMILES string of the molecule is Cc1cc(S(N)(=O)=O)cc(C(=O)NC2(C)CCCOC2)c1C. The third-order valence-electron chi connectivity index (χ3n) is 4.07. The minimum atomic E-state index is -3.85. The molecule has 0 saturated carbocycles. The normalized spacial score (nSPS) is 22.4. The first-order valence-corrected chi connectivity index (χ1v) is 8.71. The van der Waals surface area contributed by atoms with Crippen molar-refractivity contribution in [2.45, 2.75) is 44.0 Å². The van der Waals surface area contributed by atoms with E-state index in [4.69, 9.17) is 9.88 Å². The Bertz CT molecular complexity index is 692. The molecule has 7 heteroatoms. The molecule has 1 heterocycles. The van der Waals surface area contributed by atoms with Crippen LogP contribution in [0, 0.1) is 13.8 Å². The van der Waals surface area contributed by atoms with Gasteiger partial charge in [-0.1, -0.05) is 0 Å². The third-order valence-corrected chi connectivity index (χ3v) is 4.96. The number of amides is 1. The molecular formula is C15H22N2O4S. The van der Waals surface area contributed by atoms with Crippen molar-refractivity contribution in [2.24, 2.45) is 5.14 Å². The second kappa shape index (κ2) is 5.98. The fourth-order valence-electron chi connectivity index (χ4n) is 2.60. The second-order valence-electron chi connectivity index (χ2n) is 6.13. The topological polar surface area (TPSA) is 98.5 Å². The van der Waals surface area contributed by atoms with Crippen molar-refractivity contribution in [1.29, 1.82) is 0 Å². The Hall–Kier alpha value is -1.44. The number of aryl methyl sites for hydroxylation is 1. The number of nitrogens with one attached hydrogen (secondary N) is 1. The molecule has 0 aromatic heterocycles. The molecule has 1 aliphatic rings. The van der Waals surface area contributed by atoms with Gasteiger partial charge in [0, 0.05) is 12.2 Å². The van der Waals surface area contributed by atoms with E-state index < -0.39 is 15.6 Å². The lowest BCUT2D eigenvalue weighted by atomic mass is 9.93. The summed E-state index contributed by atoms with van der Waals surface area (Å²) in [5.41, 5.74) is 1.34. The largest absolute Gasteiger partial charge is 0.379 e. The molecule has 22 heavy (non-hydrogen) atoms. The lowest BCUT2D eigenvalue weighted by Gasteiger charge is -2.34. The molecule has 1 saturated heterocycles. The van der Waals surface area contributed by atoms with E-state index in [2.05, 4.69) is 5.32 Å². The Morgan fingerprint density at radius 1 is 1.36 bits per heavy atom. The highest BCUT2D eigenvalue weighted by atomic mass is 32.2. The Kier molecular flexibility index (Phi) is 4.60. The van der Waals surface area contributed by atoms with Gasteiger partial charge in [-0.3, -0.25) is 4.79 Å². The Balaban J connectivity index is 2.35. The van der Waals surface area contributed by atoms with Crippen LogP contribution in [0.4, 0.5) is 0 Å². The predicted octanol–water partition coefficient (Wildman–Crippen LogP) is 1.25. The van der Waals surface area contributed by atoms with E-state index in [1.165, 1.54) is 12.1 Å². The average molecular weight is 326 g/mol. The average Bonchev–Trinajstić information content (AvgIpc) is 2.40. The van der Waals surface area contributed by atoms with Crippen LogP contribution in [0.2, 0.25) is 0 Å². The van der Waals surface area contributed by atoms with Gasteiger partial charge >= 0.3 is 0 Å². The number of ether oxygens (including phenoxy) is 1. The van der Waals surface area contributed by atoms with Crippen LogP contribution in [-0.2, 0) is 14.8 Å². The monoisotopic (exact) mass is 326 g/mol. The van der Waals surface area contributed by atoms with E-state index in [0.29, 0.717) is 24.3 Å². The van der Waals surface area contributed by atoms with Crippen LogP contribution in [0.3, 0.4) is 0 Å². The molecule has 0 aliphatic carbocycles. The lowest BCUT2D eigenvalue weighted by molar-refractivity contribution is 0.0272. The van der Waals surface area contributed by atoms with Crippen molar-refractivity contribution in [3.8, 4) is 0 Å². The number of nitrogens with two attached hydrogens (primary N) is 1. The van der Waals surface area contributed by atoms with Gasteiger partial charge in [0.1, 0.15) is 0 Å². The summed E-state index contributed by atoms with van der Waals surface area (Å²) in [6.45, 7) is 6.62. The first-order valence-electron chi connectivity index (χ1n) is 7.17. The summed E-state index contributed by atoms with van der Waals surface area (Å²) < 4.78 is 28.5. The quantitative estimate of drug-likeness (QED) is 0.873. The van der Waals surface area contributed by atoms with Gasteiger partial charge in [0.05, 0.1) is 17.0 Å². The highest BCUT2D eigenvalue weighted by molar-refractivity contribution is 7.89. The van der Waals surface area contributed by atoms with E-state index in [1.54, 1.807) is 13.8 Å². The van der Waals surface area contributed by atoms with Crippen molar-refractivity contribution in [1.82, 2.24) is 5.32 Å². The third kappa shape index (κ3) is 3.66. The van der Waals surface area contributed by atoms with E-state index in [-0.39, 0.29) is 10.8 Å². The summed E-state index contributed by atoms with van der Waals surface area (Å²) in [6, 6.07) is 2.81. The summed E-state index contributed by atoms with van der Waals surface area (Å²) in [5.74, 6) is -0.306. The van der Waals surface area contributed by atoms with Crippen LogP contribution in [0.25, 0.3) is 0 Å².